The molecule has 104 valence electrons. The first-order chi connectivity index (χ1) is 9.47. The molecule has 0 unspecified atom stereocenters. The molecule has 0 amide bonds. The first-order valence-electron chi connectivity index (χ1n) is 6.21. The molecule has 2 rings (SSSR count). The van der Waals surface area contributed by atoms with E-state index < -0.39 is 4.92 Å². The van der Waals surface area contributed by atoms with Crippen molar-refractivity contribution in [3.8, 4) is 0 Å². The Kier molecular flexibility index (Phi) is 4.25. The zero-order valence-electron chi connectivity index (χ0n) is 11.3. The molecule has 1 N–H and O–H groups in total. The first-order valence-corrected chi connectivity index (χ1v) is 6.59. The molecule has 20 heavy (non-hydrogen) atoms. The molecule has 0 aromatic heterocycles. The lowest BCUT2D eigenvalue weighted by atomic mass is 10.1. The number of hydrogen-bond acceptors (Lipinski definition) is 3. The Hall–Kier alpha value is -2.07. The second-order valence-electron chi connectivity index (χ2n) is 4.71. The van der Waals surface area contributed by atoms with Gasteiger partial charge in [0.25, 0.3) is 5.69 Å². The highest BCUT2D eigenvalue weighted by Gasteiger charge is 2.15. The number of nitro groups is 1. The van der Waals surface area contributed by atoms with E-state index in [1.807, 2.05) is 31.2 Å². The lowest BCUT2D eigenvalue weighted by Gasteiger charge is -2.09. The maximum absolute atomic E-state index is 11.1. The molecule has 0 heterocycles. The lowest BCUT2D eigenvalue weighted by Crippen LogP contribution is -2.03. The fourth-order valence-electron chi connectivity index (χ4n) is 1.86. The largest absolute Gasteiger partial charge is 0.375 e. The van der Waals surface area contributed by atoms with Gasteiger partial charge in [0.2, 0.25) is 0 Å². The SMILES string of the molecule is Cc1ccc(CNc2cc(Cl)c(C)cc2[N+](=O)[O-])cc1. The van der Waals surface area contributed by atoms with Crippen LogP contribution in [-0.2, 0) is 6.54 Å². The second kappa shape index (κ2) is 5.92. The predicted molar refractivity (Wildman–Crippen MR) is 81.3 cm³/mol. The van der Waals surface area contributed by atoms with Crippen LogP contribution in [0.25, 0.3) is 0 Å². The van der Waals surface area contributed by atoms with Gasteiger partial charge in [-0.05, 0) is 31.0 Å². The van der Waals surface area contributed by atoms with Gasteiger partial charge >= 0.3 is 0 Å². The molecule has 2 aromatic carbocycles. The van der Waals surface area contributed by atoms with Crippen molar-refractivity contribution in [1.82, 2.24) is 0 Å². The van der Waals surface area contributed by atoms with Crippen LogP contribution in [0.1, 0.15) is 16.7 Å². The molecule has 0 aliphatic rings. The van der Waals surface area contributed by atoms with Gasteiger partial charge in [-0.25, -0.2) is 0 Å². The van der Waals surface area contributed by atoms with E-state index >= 15 is 0 Å². The van der Waals surface area contributed by atoms with Gasteiger partial charge in [-0.3, -0.25) is 10.1 Å². The van der Waals surface area contributed by atoms with E-state index in [1.54, 1.807) is 13.0 Å². The van der Waals surface area contributed by atoms with Crippen molar-refractivity contribution in [3.05, 3.63) is 68.2 Å². The molecular formula is C15H15ClN2O2. The number of nitrogens with zero attached hydrogens (tertiary/aromatic N) is 1. The average Bonchev–Trinajstić information content (AvgIpc) is 2.41. The van der Waals surface area contributed by atoms with Crippen LogP contribution in [0.3, 0.4) is 0 Å². The zero-order valence-corrected chi connectivity index (χ0v) is 12.1. The van der Waals surface area contributed by atoms with E-state index in [1.165, 1.54) is 11.6 Å². The minimum atomic E-state index is -0.402. The van der Waals surface area contributed by atoms with E-state index in [0.29, 0.717) is 22.8 Å². The maximum Gasteiger partial charge on any atom is 0.292 e. The van der Waals surface area contributed by atoms with Gasteiger partial charge in [0.05, 0.1) is 4.92 Å². The maximum atomic E-state index is 11.1. The van der Waals surface area contributed by atoms with E-state index in [-0.39, 0.29) is 5.69 Å². The summed E-state index contributed by atoms with van der Waals surface area (Å²) in [7, 11) is 0. The van der Waals surface area contributed by atoms with E-state index in [0.717, 1.165) is 5.56 Å². The van der Waals surface area contributed by atoms with Crippen molar-refractivity contribution in [3.63, 3.8) is 0 Å². The molecular weight excluding hydrogens is 276 g/mol. The van der Waals surface area contributed by atoms with Crippen molar-refractivity contribution < 1.29 is 4.92 Å². The quantitative estimate of drug-likeness (QED) is 0.667. The summed E-state index contributed by atoms with van der Waals surface area (Å²) in [6.07, 6.45) is 0. The Morgan fingerprint density at radius 2 is 1.85 bits per heavy atom. The lowest BCUT2D eigenvalue weighted by molar-refractivity contribution is -0.384. The summed E-state index contributed by atoms with van der Waals surface area (Å²) in [5, 5.41) is 14.7. The summed E-state index contributed by atoms with van der Waals surface area (Å²) in [5.74, 6) is 0. The standard InChI is InChI=1S/C15H15ClN2O2/c1-10-3-5-12(6-4-10)9-17-14-8-13(16)11(2)7-15(14)18(19)20/h3-8,17H,9H2,1-2H3. The molecule has 0 aliphatic carbocycles. The molecule has 0 radical (unpaired) electrons. The van der Waals surface area contributed by atoms with Gasteiger partial charge in [0, 0.05) is 17.6 Å². The summed E-state index contributed by atoms with van der Waals surface area (Å²) in [5.41, 5.74) is 3.41. The fraction of sp³-hybridized carbons (Fsp3) is 0.200. The zero-order chi connectivity index (χ0) is 14.7. The topological polar surface area (TPSA) is 55.2 Å². The Balaban J connectivity index is 2.22. The second-order valence-corrected chi connectivity index (χ2v) is 5.12. The molecule has 0 aliphatic heterocycles. The number of aryl methyl sites for hydroxylation is 2. The number of rotatable bonds is 4. The van der Waals surface area contributed by atoms with Crippen LogP contribution in [0.2, 0.25) is 5.02 Å². The Bertz CT molecular complexity index is 639. The van der Waals surface area contributed by atoms with Gasteiger partial charge in [0.15, 0.2) is 0 Å². The third-order valence-corrected chi connectivity index (χ3v) is 3.48. The monoisotopic (exact) mass is 290 g/mol. The smallest absolute Gasteiger partial charge is 0.292 e. The highest BCUT2D eigenvalue weighted by Crippen LogP contribution is 2.31. The highest BCUT2D eigenvalue weighted by atomic mass is 35.5. The summed E-state index contributed by atoms with van der Waals surface area (Å²) < 4.78 is 0. The Morgan fingerprint density at radius 1 is 1.20 bits per heavy atom. The number of halogens is 1. The summed E-state index contributed by atoms with van der Waals surface area (Å²) >= 11 is 6.03. The van der Waals surface area contributed by atoms with Crippen LogP contribution in [0.5, 0.6) is 0 Å². The predicted octanol–water partition coefficient (Wildman–Crippen LogP) is 4.48. The van der Waals surface area contributed by atoms with Crippen LogP contribution < -0.4 is 5.32 Å². The van der Waals surface area contributed by atoms with Crippen molar-refractivity contribution in [2.45, 2.75) is 20.4 Å². The third kappa shape index (κ3) is 3.27. The third-order valence-electron chi connectivity index (χ3n) is 3.08. The number of nitro benzene ring substituents is 1. The van der Waals surface area contributed by atoms with Gasteiger partial charge in [-0.15, -0.1) is 0 Å². The molecule has 0 atom stereocenters. The summed E-state index contributed by atoms with van der Waals surface area (Å²) in [4.78, 5) is 10.7. The molecule has 0 saturated carbocycles. The van der Waals surface area contributed by atoms with Gasteiger partial charge < -0.3 is 5.32 Å². The number of anilines is 1. The van der Waals surface area contributed by atoms with Gasteiger partial charge in [0.1, 0.15) is 5.69 Å². The minimum Gasteiger partial charge on any atom is -0.375 e. The van der Waals surface area contributed by atoms with Crippen LogP contribution in [0.15, 0.2) is 36.4 Å². The summed E-state index contributed by atoms with van der Waals surface area (Å²) in [6, 6.07) is 11.1. The number of nitrogens with one attached hydrogen (secondary N) is 1. The summed E-state index contributed by atoms with van der Waals surface area (Å²) in [6.45, 7) is 4.28. The van der Waals surface area contributed by atoms with Crippen LogP contribution in [0, 0.1) is 24.0 Å². The molecule has 2 aromatic rings. The van der Waals surface area contributed by atoms with Crippen LogP contribution in [0.4, 0.5) is 11.4 Å². The Morgan fingerprint density at radius 3 is 2.45 bits per heavy atom. The fourth-order valence-corrected chi connectivity index (χ4v) is 2.03. The first kappa shape index (κ1) is 14.3. The molecule has 0 saturated heterocycles. The molecule has 0 spiro atoms. The van der Waals surface area contributed by atoms with Crippen molar-refractivity contribution in [2.24, 2.45) is 0 Å². The molecule has 0 fully saturated rings. The van der Waals surface area contributed by atoms with E-state index in [4.69, 9.17) is 11.6 Å². The van der Waals surface area contributed by atoms with Crippen LogP contribution in [-0.4, -0.2) is 4.92 Å². The Labute approximate surface area is 122 Å². The number of hydrogen-bond donors (Lipinski definition) is 1. The molecule has 5 heteroatoms. The highest BCUT2D eigenvalue weighted by molar-refractivity contribution is 6.31. The van der Waals surface area contributed by atoms with E-state index in [2.05, 4.69) is 5.32 Å². The number of benzene rings is 2. The van der Waals surface area contributed by atoms with Crippen LogP contribution >= 0.6 is 11.6 Å². The van der Waals surface area contributed by atoms with Gasteiger partial charge in [-0.1, -0.05) is 41.4 Å². The van der Waals surface area contributed by atoms with Crippen molar-refractivity contribution in [1.29, 1.82) is 0 Å². The van der Waals surface area contributed by atoms with Gasteiger partial charge in [-0.2, -0.15) is 0 Å². The average molecular weight is 291 g/mol. The minimum absolute atomic E-state index is 0.0408. The van der Waals surface area contributed by atoms with Crippen molar-refractivity contribution >= 4 is 23.0 Å². The van der Waals surface area contributed by atoms with Crippen molar-refractivity contribution in [2.75, 3.05) is 5.32 Å². The van der Waals surface area contributed by atoms with E-state index in [9.17, 15) is 10.1 Å². The molecule has 4 nitrogen and oxygen atoms in total. The molecule has 0 bridgehead atoms. The normalized spacial score (nSPS) is 10.3.